The van der Waals surface area contributed by atoms with Gasteiger partial charge in [-0.2, -0.15) is 0 Å². The van der Waals surface area contributed by atoms with Gasteiger partial charge >= 0.3 is 0 Å². The van der Waals surface area contributed by atoms with E-state index >= 15 is 0 Å². The summed E-state index contributed by atoms with van der Waals surface area (Å²) in [4.78, 5) is 21.5. The molecule has 0 unspecified atom stereocenters. The second-order valence-electron chi connectivity index (χ2n) is 6.34. The van der Waals surface area contributed by atoms with Gasteiger partial charge in [-0.05, 0) is 24.6 Å². The zero-order valence-corrected chi connectivity index (χ0v) is 17.6. The molecule has 0 atom stereocenters. The molecule has 3 aromatic heterocycles. The molecule has 0 aliphatic rings. The minimum Gasteiger partial charge on any atom is -0.481 e. The molecule has 0 fully saturated rings. The molecule has 4 rings (SSSR count). The number of nitrogens with zero attached hydrogens (tertiary/aromatic N) is 2. The lowest BCUT2D eigenvalue weighted by atomic mass is 10.1. The highest BCUT2D eigenvalue weighted by atomic mass is 32.2. The summed E-state index contributed by atoms with van der Waals surface area (Å²) >= 11 is 3.21. The molecule has 0 radical (unpaired) electrons. The summed E-state index contributed by atoms with van der Waals surface area (Å²) in [6.45, 7) is 2.33. The number of carbonyl (C=O) groups excluding carboxylic acids is 1. The number of methoxy groups -OCH3 is 1. The van der Waals surface area contributed by atoms with Crippen molar-refractivity contribution in [1.29, 1.82) is 0 Å². The quantitative estimate of drug-likeness (QED) is 0.428. The molecular weight excluding hydrogens is 406 g/mol. The average molecular weight is 426 g/mol. The lowest BCUT2D eigenvalue weighted by Gasteiger charge is -2.06. The van der Waals surface area contributed by atoms with Crippen molar-refractivity contribution < 1.29 is 13.9 Å². The first-order valence-electron chi connectivity index (χ1n) is 8.96. The Morgan fingerprint density at radius 3 is 2.97 bits per heavy atom. The Bertz CT molecular complexity index is 1150. The molecular formula is C21H19N3O3S2. The van der Waals surface area contributed by atoms with E-state index in [1.54, 1.807) is 42.5 Å². The molecule has 3 heterocycles. The van der Waals surface area contributed by atoms with E-state index in [1.807, 2.05) is 42.6 Å². The number of nitrogens with one attached hydrogen (secondary N) is 1. The third-order valence-electron chi connectivity index (χ3n) is 4.30. The monoisotopic (exact) mass is 425 g/mol. The number of benzene rings is 1. The van der Waals surface area contributed by atoms with E-state index in [2.05, 4.69) is 15.3 Å². The van der Waals surface area contributed by atoms with Gasteiger partial charge in [0.15, 0.2) is 5.76 Å². The standard InChI is InChI=1S/C21H19N3O3S2/c1-13-11-28-21(24-13)29-12-16-15-5-3-4-6-17(15)27-19(16)20(25)23-10-14-7-8-22-18(9-14)26-2/h3-9,11H,10,12H2,1-2H3,(H,23,25). The highest BCUT2D eigenvalue weighted by Gasteiger charge is 2.21. The van der Waals surface area contributed by atoms with Crippen molar-refractivity contribution in [1.82, 2.24) is 15.3 Å². The number of carbonyl (C=O) groups is 1. The number of fused-ring (bicyclic) bond motifs is 1. The van der Waals surface area contributed by atoms with Gasteiger partial charge in [0.25, 0.3) is 5.91 Å². The number of para-hydroxylation sites is 1. The minimum atomic E-state index is -0.247. The van der Waals surface area contributed by atoms with Gasteiger partial charge < -0.3 is 14.5 Å². The van der Waals surface area contributed by atoms with Crippen LogP contribution in [0, 0.1) is 6.92 Å². The molecule has 1 aromatic carbocycles. The maximum absolute atomic E-state index is 12.9. The summed E-state index contributed by atoms with van der Waals surface area (Å²) in [6, 6.07) is 11.3. The fraction of sp³-hybridized carbons (Fsp3) is 0.190. The summed E-state index contributed by atoms with van der Waals surface area (Å²) in [6.07, 6.45) is 1.65. The van der Waals surface area contributed by atoms with Crippen molar-refractivity contribution in [3.05, 3.63) is 70.6 Å². The van der Waals surface area contributed by atoms with Crippen LogP contribution in [0.15, 0.2) is 56.7 Å². The zero-order chi connectivity index (χ0) is 20.2. The molecule has 1 N–H and O–H groups in total. The van der Waals surface area contributed by atoms with Crippen LogP contribution in [0.5, 0.6) is 5.88 Å². The highest BCUT2D eigenvalue weighted by molar-refractivity contribution is 8.00. The van der Waals surface area contributed by atoms with E-state index in [4.69, 9.17) is 9.15 Å². The van der Waals surface area contributed by atoms with Crippen LogP contribution in [0.2, 0.25) is 0 Å². The number of aromatic nitrogens is 2. The number of ether oxygens (including phenoxy) is 1. The predicted molar refractivity (Wildman–Crippen MR) is 115 cm³/mol. The maximum atomic E-state index is 12.9. The number of hydrogen-bond acceptors (Lipinski definition) is 7. The molecule has 4 aromatic rings. The molecule has 0 spiro atoms. The lowest BCUT2D eigenvalue weighted by Crippen LogP contribution is -2.23. The fourth-order valence-corrected chi connectivity index (χ4v) is 4.77. The van der Waals surface area contributed by atoms with E-state index < -0.39 is 0 Å². The third-order valence-corrected chi connectivity index (χ3v) is 6.47. The Balaban J connectivity index is 1.55. The molecule has 29 heavy (non-hydrogen) atoms. The number of thioether (sulfide) groups is 1. The van der Waals surface area contributed by atoms with Crippen molar-refractivity contribution >= 4 is 40.0 Å². The Morgan fingerprint density at radius 2 is 2.17 bits per heavy atom. The Hall–Kier alpha value is -2.84. The third kappa shape index (κ3) is 4.44. The molecule has 0 saturated carbocycles. The Kier molecular flexibility index (Phi) is 5.82. The second kappa shape index (κ2) is 8.67. The molecule has 8 heteroatoms. The van der Waals surface area contributed by atoms with Crippen LogP contribution in [0.3, 0.4) is 0 Å². The van der Waals surface area contributed by atoms with Gasteiger partial charge in [-0.15, -0.1) is 11.3 Å². The number of furan rings is 1. The van der Waals surface area contributed by atoms with Crippen molar-refractivity contribution in [2.75, 3.05) is 7.11 Å². The van der Waals surface area contributed by atoms with E-state index in [9.17, 15) is 4.79 Å². The normalized spacial score (nSPS) is 11.0. The molecule has 148 valence electrons. The summed E-state index contributed by atoms with van der Waals surface area (Å²) in [5.74, 6) is 1.21. The zero-order valence-electron chi connectivity index (χ0n) is 16.0. The van der Waals surface area contributed by atoms with Crippen LogP contribution in [0.25, 0.3) is 11.0 Å². The van der Waals surface area contributed by atoms with Crippen molar-refractivity contribution in [3.8, 4) is 5.88 Å². The van der Waals surface area contributed by atoms with Gasteiger partial charge in [-0.1, -0.05) is 30.0 Å². The first-order chi connectivity index (χ1) is 14.1. The summed E-state index contributed by atoms with van der Waals surface area (Å²) in [7, 11) is 1.56. The molecule has 1 amide bonds. The molecule has 6 nitrogen and oxygen atoms in total. The van der Waals surface area contributed by atoms with Crippen LogP contribution in [-0.2, 0) is 12.3 Å². The van der Waals surface area contributed by atoms with Crippen LogP contribution in [-0.4, -0.2) is 23.0 Å². The smallest absolute Gasteiger partial charge is 0.287 e. The number of rotatable bonds is 7. The number of aryl methyl sites for hydroxylation is 1. The van der Waals surface area contributed by atoms with Gasteiger partial charge in [0, 0.05) is 46.6 Å². The van der Waals surface area contributed by atoms with Gasteiger partial charge in [-0.3, -0.25) is 4.79 Å². The second-order valence-corrected chi connectivity index (χ2v) is 8.42. The fourth-order valence-electron chi connectivity index (χ4n) is 2.89. The first-order valence-corrected chi connectivity index (χ1v) is 10.8. The molecule has 0 saturated heterocycles. The van der Waals surface area contributed by atoms with Crippen molar-refractivity contribution in [2.24, 2.45) is 0 Å². The van der Waals surface area contributed by atoms with Crippen LogP contribution in [0.4, 0.5) is 0 Å². The van der Waals surface area contributed by atoms with Crippen molar-refractivity contribution in [3.63, 3.8) is 0 Å². The summed E-state index contributed by atoms with van der Waals surface area (Å²) < 4.78 is 12.0. The largest absolute Gasteiger partial charge is 0.481 e. The van der Waals surface area contributed by atoms with Gasteiger partial charge in [0.05, 0.1) is 7.11 Å². The molecule has 0 aliphatic heterocycles. The van der Waals surface area contributed by atoms with Crippen LogP contribution in [0.1, 0.15) is 27.4 Å². The van der Waals surface area contributed by atoms with Gasteiger partial charge in [0.2, 0.25) is 5.88 Å². The molecule has 0 aliphatic carbocycles. The summed E-state index contributed by atoms with van der Waals surface area (Å²) in [5, 5.41) is 5.90. The van der Waals surface area contributed by atoms with Crippen LogP contribution >= 0.6 is 23.1 Å². The number of thiazole rings is 1. The SMILES string of the molecule is COc1cc(CNC(=O)c2oc3ccccc3c2CSc2nc(C)cs2)ccn1. The van der Waals surface area contributed by atoms with Crippen molar-refractivity contribution in [2.45, 2.75) is 23.6 Å². The van der Waals surface area contributed by atoms with E-state index in [0.29, 0.717) is 29.5 Å². The lowest BCUT2D eigenvalue weighted by molar-refractivity contribution is 0.0924. The number of pyridine rings is 1. The topological polar surface area (TPSA) is 77.2 Å². The van der Waals surface area contributed by atoms with E-state index in [0.717, 1.165) is 26.5 Å². The minimum absolute atomic E-state index is 0.247. The first kappa shape index (κ1) is 19.5. The number of hydrogen-bond donors (Lipinski definition) is 1. The van der Waals surface area contributed by atoms with Gasteiger partial charge in [-0.25, -0.2) is 9.97 Å². The average Bonchev–Trinajstić information content (AvgIpc) is 3.33. The summed E-state index contributed by atoms with van der Waals surface area (Å²) in [5.41, 5.74) is 3.48. The van der Waals surface area contributed by atoms with E-state index in [-0.39, 0.29) is 5.91 Å². The van der Waals surface area contributed by atoms with E-state index in [1.165, 1.54) is 0 Å². The van der Waals surface area contributed by atoms with Crippen LogP contribution < -0.4 is 10.1 Å². The Morgan fingerprint density at radius 1 is 1.31 bits per heavy atom. The Labute approximate surface area is 176 Å². The maximum Gasteiger partial charge on any atom is 0.287 e. The number of amides is 1. The molecule has 0 bridgehead atoms. The van der Waals surface area contributed by atoms with Gasteiger partial charge in [0.1, 0.15) is 9.92 Å². The predicted octanol–water partition coefficient (Wildman–Crippen LogP) is 4.82. The highest BCUT2D eigenvalue weighted by Crippen LogP contribution is 2.33.